The third kappa shape index (κ3) is 8.73. The average Bonchev–Trinajstić information content (AvgIpc) is 3.17. The zero-order valence-corrected chi connectivity index (χ0v) is 28.0. The third-order valence-electron chi connectivity index (χ3n) is 8.71. The lowest BCUT2D eigenvalue weighted by molar-refractivity contribution is -0.378. The molecule has 50 heavy (non-hydrogen) atoms. The van der Waals surface area contributed by atoms with E-state index < -0.39 is 30.2 Å². The molecule has 1 aliphatic heterocycles. The number of carbonyl (C=O) groups excluding carboxylic acids is 1. The first-order valence-corrected chi connectivity index (χ1v) is 16.7. The zero-order chi connectivity index (χ0) is 34.6. The largest absolute Gasteiger partial charge is 0.496 e. The van der Waals surface area contributed by atoms with Crippen LogP contribution >= 0.6 is 0 Å². The smallest absolute Gasteiger partial charge is 0.222 e. The summed E-state index contributed by atoms with van der Waals surface area (Å²) in [6, 6.07) is 44.0. The van der Waals surface area contributed by atoms with Gasteiger partial charge in [0.05, 0.1) is 45.7 Å². The Morgan fingerprint density at radius 1 is 0.640 bits per heavy atom. The highest BCUT2D eigenvalue weighted by atomic mass is 16.7. The molecule has 0 bridgehead atoms. The molecule has 1 fully saturated rings. The number of ether oxygens (including phenoxy) is 6. The molecule has 6 rings (SSSR count). The summed E-state index contributed by atoms with van der Waals surface area (Å²) in [4.78, 5) is 12.2. The van der Waals surface area contributed by atoms with Crippen LogP contribution in [0.5, 0.6) is 5.75 Å². The van der Waals surface area contributed by atoms with Gasteiger partial charge < -0.3 is 33.5 Å². The first-order chi connectivity index (χ1) is 24.6. The van der Waals surface area contributed by atoms with E-state index in [1.807, 2.05) is 121 Å². The van der Waals surface area contributed by atoms with Crippen molar-refractivity contribution in [1.29, 1.82) is 0 Å². The van der Waals surface area contributed by atoms with Gasteiger partial charge in [-0.25, -0.2) is 0 Å². The monoisotopic (exact) mass is 674 g/mol. The molecule has 258 valence electrons. The van der Waals surface area contributed by atoms with Crippen LogP contribution in [0.1, 0.15) is 38.2 Å². The van der Waals surface area contributed by atoms with Crippen LogP contribution in [-0.2, 0) is 55.9 Å². The number of aldehydes is 1. The second-order valence-corrected chi connectivity index (χ2v) is 12.2. The molecule has 1 aliphatic rings. The summed E-state index contributed by atoms with van der Waals surface area (Å²) < 4.78 is 38.4. The number of rotatable bonds is 16. The molecule has 0 amide bonds. The lowest BCUT2D eigenvalue weighted by Gasteiger charge is -2.50. The van der Waals surface area contributed by atoms with Gasteiger partial charge >= 0.3 is 0 Å². The SMILES string of the molecule is COc1ccc(C2(O)OC(COCc3ccccc3)C(OCc3ccccc3)C(OCc3ccccc3)C2OCc2ccccc2)cc1C=O. The van der Waals surface area contributed by atoms with E-state index in [1.165, 1.54) is 7.11 Å². The van der Waals surface area contributed by atoms with Crippen molar-refractivity contribution < 1.29 is 38.3 Å². The first-order valence-electron chi connectivity index (χ1n) is 16.7. The Bertz CT molecular complexity index is 1750. The van der Waals surface area contributed by atoms with Gasteiger partial charge in [0.1, 0.15) is 30.2 Å². The predicted octanol–water partition coefficient (Wildman–Crippen LogP) is 7.02. The van der Waals surface area contributed by atoms with Crippen molar-refractivity contribution in [3.8, 4) is 5.75 Å². The van der Waals surface area contributed by atoms with Crippen molar-refractivity contribution in [1.82, 2.24) is 0 Å². The standard InChI is InChI=1S/C42H42O8/c1-45-37-23-22-36(24-35(37)25-43)42(44)41(49-29-34-20-12-5-13-21-34)40(48-28-33-18-10-4-11-19-33)39(47-27-32-16-8-3-9-17-32)38(50-42)30-46-26-31-14-6-2-7-15-31/h2-25,38-41,44H,26-30H2,1H3. The van der Waals surface area contributed by atoms with E-state index in [0.29, 0.717) is 24.2 Å². The molecule has 5 unspecified atom stereocenters. The van der Waals surface area contributed by atoms with Crippen LogP contribution in [-0.4, -0.2) is 49.5 Å². The summed E-state index contributed by atoms with van der Waals surface area (Å²) in [5.74, 6) is -1.72. The molecule has 5 aromatic carbocycles. The predicted molar refractivity (Wildman–Crippen MR) is 188 cm³/mol. The maximum atomic E-state index is 12.8. The van der Waals surface area contributed by atoms with Crippen molar-refractivity contribution in [2.45, 2.75) is 56.6 Å². The molecule has 0 saturated carbocycles. The minimum atomic E-state index is -2.09. The van der Waals surface area contributed by atoms with Gasteiger partial charge in [0, 0.05) is 5.56 Å². The van der Waals surface area contributed by atoms with Gasteiger partial charge in [-0.3, -0.25) is 4.79 Å². The highest BCUT2D eigenvalue weighted by molar-refractivity contribution is 5.79. The van der Waals surface area contributed by atoms with Gasteiger partial charge in [-0.15, -0.1) is 0 Å². The Hall–Kier alpha value is -4.67. The summed E-state index contributed by atoms with van der Waals surface area (Å²) in [5.41, 5.74) is 4.36. The molecule has 0 radical (unpaired) electrons. The molecular formula is C42H42O8. The topological polar surface area (TPSA) is 92.7 Å². The summed E-state index contributed by atoms with van der Waals surface area (Å²) in [6.45, 7) is 1.03. The molecule has 1 saturated heterocycles. The lowest BCUT2D eigenvalue weighted by Crippen LogP contribution is -2.65. The summed E-state index contributed by atoms with van der Waals surface area (Å²) in [6.07, 6.45) is -2.82. The minimum absolute atomic E-state index is 0.0734. The van der Waals surface area contributed by atoms with Crippen LogP contribution < -0.4 is 4.74 Å². The fraction of sp³-hybridized carbons (Fsp3) is 0.262. The van der Waals surface area contributed by atoms with E-state index in [9.17, 15) is 9.90 Å². The van der Waals surface area contributed by atoms with Crippen LogP contribution in [0.25, 0.3) is 0 Å². The summed E-state index contributed by atoms with van der Waals surface area (Å²) >= 11 is 0. The second kappa shape index (κ2) is 17.3. The Morgan fingerprint density at radius 3 is 1.62 bits per heavy atom. The quantitative estimate of drug-likeness (QED) is 0.112. The van der Waals surface area contributed by atoms with Gasteiger partial charge in [-0.1, -0.05) is 121 Å². The maximum absolute atomic E-state index is 12.8. The number of hydrogen-bond acceptors (Lipinski definition) is 8. The number of methoxy groups -OCH3 is 1. The molecule has 0 aromatic heterocycles. The van der Waals surface area contributed by atoms with Crippen molar-refractivity contribution in [2.75, 3.05) is 13.7 Å². The minimum Gasteiger partial charge on any atom is -0.496 e. The Kier molecular flexibility index (Phi) is 12.2. The molecule has 1 N–H and O–H groups in total. The Morgan fingerprint density at radius 2 is 1.12 bits per heavy atom. The molecule has 8 nitrogen and oxygen atoms in total. The average molecular weight is 675 g/mol. The molecule has 5 atom stereocenters. The summed E-state index contributed by atoms with van der Waals surface area (Å²) in [7, 11) is 1.49. The molecule has 0 aliphatic carbocycles. The third-order valence-corrected chi connectivity index (χ3v) is 8.71. The van der Waals surface area contributed by atoms with E-state index in [4.69, 9.17) is 28.4 Å². The van der Waals surface area contributed by atoms with E-state index in [1.54, 1.807) is 18.2 Å². The van der Waals surface area contributed by atoms with Crippen LogP contribution in [0, 0.1) is 0 Å². The lowest BCUT2D eigenvalue weighted by atomic mass is 9.86. The number of aliphatic hydroxyl groups is 1. The number of hydrogen-bond donors (Lipinski definition) is 1. The van der Waals surface area contributed by atoms with Gasteiger partial charge in [0.25, 0.3) is 0 Å². The molecule has 0 spiro atoms. The van der Waals surface area contributed by atoms with E-state index in [-0.39, 0.29) is 32.0 Å². The zero-order valence-electron chi connectivity index (χ0n) is 28.0. The van der Waals surface area contributed by atoms with Crippen molar-refractivity contribution >= 4 is 6.29 Å². The highest BCUT2D eigenvalue weighted by Gasteiger charge is 2.57. The van der Waals surface area contributed by atoms with Crippen LogP contribution in [0.15, 0.2) is 140 Å². The van der Waals surface area contributed by atoms with Crippen molar-refractivity contribution in [2.24, 2.45) is 0 Å². The molecular weight excluding hydrogens is 632 g/mol. The van der Waals surface area contributed by atoms with Crippen LogP contribution in [0.2, 0.25) is 0 Å². The van der Waals surface area contributed by atoms with Gasteiger partial charge in [0.2, 0.25) is 5.79 Å². The normalized spacial score (nSPS) is 21.8. The maximum Gasteiger partial charge on any atom is 0.222 e. The van der Waals surface area contributed by atoms with Gasteiger partial charge in [-0.2, -0.15) is 0 Å². The molecule has 5 aromatic rings. The Balaban J connectivity index is 1.41. The number of carbonyl (C=O) groups is 1. The van der Waals surface area contributed by atoms with E-state index in [2.05, 4.69) is 0 Å². The van der Waals surface area contributed by atoms with Gasteiger partial charge in [0.15, 0.2) is 6.29 Å². The Labute approximate surface area is 293 Å². The second-order valence-electron chi connectivity index (χ2n) is 12.2. The fourth-order valence-corrected chi connectivity index (χ4v) is 6.13. The van der Waals surface area contributed by atoms with Crippen molar-refractivity contribution in [3.63, 3.8) is 0 Å². The van der Waals surface area contributed by atoms with E-state index >= 15 is 0 Å². The molecule has 8 heteroatoms. The highest BCUT2D eigenvalue weighted by Crippen LogP contribution is 2.42. The van der Waals surface area contributed by atoms with Crippen molar-refractivity contribution in [3.05, 3.63) is 173 Å². The molecule has 1 heterocycles. The van der Waals surface area contributed by atoms with Crippen LogP contribution in [0.4, 0.5) is 0 Å². The van der Waals surface area contributed by atoms with E-state index in [0.717, 1.165) is 22.3 Å². The van der Waals surface area contributed by atoms with Gasteiger partial charge in [-0.05, 0) is 40.5 Å². The summed E-state index contributed by atoms with van der Waals surface area (Å²) in [5, 5.41) is 12.8. The first kappa shape index (κ1) is 35.2. The fourth-order valence-electron chi connectivity index (χ4n) is 6.13. The van der Waals surface area contributed by atoms with Crippen LogP contribution in [0.3, 0.4) is 0 Å². The number of benzene rings is 5.